The first-order valence-corrected chi connectivity index (χ1v) is 7.28. The van der Waals surface area contributed by atoms with Crippen LogP contribution in [0.5, 0.6) is 5.75 Å². The lowest BCUT2D eigenvalue weighted by molar-refractivity contribution is 0.0985. The van der Waals surface area contributed by atoms with Gasteiger partial charge in [0.15, 0.2) is 5.78 Å². The van der Waals surface area contributed by atoms with E-state index in [9.17, 15) is 4.79 Å². The van der Waals surface area contributed by atoms with Crippen LogP contribution in [0, 0.1) is 0 Å². The summed E-state index contributed by atoms with van der Waals surface area (Å²) in [6.07, 6.45) is 1.76. The number of ether oxygens (including phenoxy) is 1. The van der Waals surface area contributed by atoms with Crippen LogP contribution in [0.2, 0.25) is 5.02 Å². The topological polar surface area (TPSA) is 26.3 Å². The lowest BCUT2D eigenvalue weighted by Gasteiger charge is -2.24. The summed E-state index contributed by atoms with van der Waals surface area (Å²) in [5, 5.41) is 0.660. The zero-order valence-electron chi connectivity index (χ0n) is 9.59. The molecule has 2 aliphatic heterocycles. The second-order valence-corrected chi connectivity index (χ2v) is 5.97. The SMILES string of the molecule is CCC1SCc2c3c(cc(Cl)c2C1=O)CCO3. The minimum atomic E-state index is 0.0550. The van der Waals surface area contributed by atoms with Gasteiger partial charge in [-0.1, -0.05) is 18.5 Å². The van der Waals surface area contributed by atoms with Gasteiger partial charge in [0.25, 0.3) is 0 Å². The lowest BCUT2D eigenvalue weighted by Crippen LogP contribution is -2.23. The number of fused-ring (bicyclic) bond motifs is 3. The Labute approximate surface area is 110 Å². The molecule has 0 aromatic heterocycles. The molecule has 0 fully saturated rings. The van der Waals surface area contributed by atoms with Gasteiger partial charge in [-0.05, 0) is 18.1 Å². The predicted molar refractivity (Wildman–Crippen MR) is 70.4 cm³/mol. The maximum Gasteiger partial charge on any atom is 0.177 e. The Balaban J connectivity index is 2.17. The number of ketones is 1. The monoisotopic (exact) mass is 268 g/mol. The van der Waals surface area contributed by atoms with Crippen LogP contribution in [0.25, 0.3) is 0 Å². The fraction of sp³-hybridized carbons (Fsp3) is 0.462. The maximum absolute atomic E-state index is 12.3. The molecule has 2 heterocycles. The zero-order valence-corrected chi connectivity index (χ0v) is 11.2. The van der Waals surface area contributed by atoms with Crippen LogP contribution < -0.4 is 4.74 Å². The number of halogens is 1. The molecule has 0 bridgehead atoms. The fourth-order valence-electron chi connectivity index (χ4n) is 2.50. The summed E-state index contributed by atoms with van der Waals surface area (Å²) in [4.78, 5) is 12.3. The quantitative estimate of drug-likeness (QED) is 0.780. The number of carbonyl (C=O) groups is 1. The number of thioether (sulfide) groups is 1. The Morgan fingerprint density at radius 1 is 1.59 bits per heavy atom. The molecule has 0 N–H and O–H groups in total. The molecule has 4 heteroatoms. The molecule has 0 spiro atoms. The molecular formula is C13H13ClO2S. The van der Waals surface area contributed by atoms with Crippen molar-refractivity contribution < 1.29 is 9.53 Å². The van der Waals surface area contributed by atoms with E-state index in [2.05, 4.69) is 0 Å². The van der Waals surface area contributed by atoms with Crippen LogP contribution >= 0.6 is 23.4 Å². The van der Waals surface area contributed by atoms with Crippen molar-refractivity contribution in [3.63, 3.8) is 0 Å². The summed E-state index contributed by atoms with van der Waals surface area (Å²) in [5.74, 6) is 1.92. The van der Waals surface area contributed by atoms with E-state index >= 15 is 0 Å². The van der Waals surface area contributed by atoms with Crippen LogP contribution in [0.15, 0.2) is 6.07 Å². The Kier molecular flexibility index (Phi) is 2.83. The van der Waals surface area contributed by atoms with Crippen molar-refractivity contribution in [2.45, 2.75) is 30.8 Å². The van der Waals surface area contributed by atoms with Crippen molar-refractivity contribution in [3.8, 4) is 5.75 Å². The lowest BCUT2D eigenvalue weighted by atomic mass is 9.97. The number of rotatable bonds is 1. The molecule has 2 nitrogen and oxygen atoms in total. The zero-order chi connectivity index (χ0) is 12.0. The van der Waals surface area contributed by atoms with E-state index in [-0.39, 0.29) is 11.0 Å². The van der Waals surface area contributed by atoms with Gasteiger partial charge in [-0.3, -0.25) is 4.79 Å². The van der Waals surface area contributed by atoms with Gasteiger partial charge in [0.2, 0.25) is 0 Å². The Bertz CT molecular complexity index is 499. The van der Waals surface area contributed by atoms with Crippen LogP contribution in [0.1, 0.15) is 34.8 Å². The number of hydrogen-bond acceptors (Lipinski definition) is 3. The van der Waals surface area contributed by atoms with Crippen LogP contribution in [-0.4, -0.2) is 17.6 Å². The molecule has 3 rings (SSSR count). The maximum atomic E-state index is 12.3. The average Bonchev–Trinajstić information content (AvgIpc) is 2.77. The molecule has 0 saturated heterocycles. The Morgan fingerprint density at radius 2 is 2.41 bits per heavy atom. The van der Waals surface area contributed by atoms with Gasteiger partial charge >= 0.3 is 0 Å². The second-order valence-electron chi connectivity index (χ2n) is 4.37. The first-order chi connectivity index (χ1) is 8.22. The largest absolute Gasteiger partial charge is 0.493 e. The summed E-state index contributed by atoms with van der Waals surface area (Å²) >= 11 is 7.96. The van der Waals surface area contributed by atoms with Crippen LogP contribution in [-0.2, 0) is 12.2 Å². The molecule has 1 aromatic carbocycles. The predicted octanol–water partition coefficient (Wildman–Crippen LogP) is 3.48. The molecule has 1 unspecified atom stereocenters. The molecule has 1 atom stereocenters. The van der Waals surface area contributed by atoms with Gasteiger partial charge in [0, 0.05) is 23.3 Å². The molecule has 1 aromatic rings. The third-order valence-electron chi connectivity index (χ3n) is 3.36. The van der Waals surface area contributed by atoms with Crippen molar-refractivity contribution in [1.29, 1.82) is 0 Å². The highest BCUT2D eigenvalue weighted by Crippen LogP contribution is 2.43. The van der Waals surface area contributed by atoms with Gasteiger partial charge in [-0.25, -0.2) is 0 Å². The summed E-state index contributed by atoms with van der Waals surface area (Å²) < 4.78 is 5.64. The highest BCUT2D eigenvalue weighted by Gasteiger charge is 2.33. The van der Waals surface area contributed by atoms with E-state index in [1.807, 2.05) is 13.0 Å². The second kappa shape index (κ2) is 4.21. The summed E-state index contributed by atoms with van der Waals surface area (Å²) in [6, 6.07) is 1.91. The van der Waals surface area contributed by atoms with Crippen molar-refractivity contribution >= 4 is 29.1 Å². The van der Waals surface area contributed by atoms with E-state index in [0.29, 0.717) is 17.2 Å². The standard InChI is InChI=1S/C13H13ClO2S/c1-2-10-12(15)11-8(6-17-10)13-7(3-4-16-13)5-9(11)14/h5,10H,2-4,6H2,1H3. The third-order valence-corrected chi connectivity index (χ3v) is 5.07. The van der Waals surface area contributed by atoms with Crippen molar-refractivity contribution in [2.24, 2.45) is 0 Å². The summed E-state index contributed by atoms with van der Waals surface area (Å²) in [6.45, 7) is 2.75. The van der Waals surface area contributed by atoms with Crippen LogP contribution in [0.4, 0.5) is 0 Å². The van der Waals surface area contributed by atoms with E-state index < -0.39 is 0 Å². The highest BCUT2D eigenvalue weighted by atomic mass is 35.5. The molecule has 90 valence electrons. The first kappa shape index (κ1) is 11.4. The van der Waals surface area contributed by atoms with Gasteiger partial charge in [0.05, 0.1) is 16.9 Å². The molecule has 0 radical (unpaired) electrons. The van der Waals surface area contributed by atoms with Gasteiger partial charge in [-0.15, -0.1) is 11.8 Å². The third kappa shape index (κ3) is 1.67. The van der Waals surface area contributed by atoms with Gasteiger partial charge in [-0.2, -0.15) is 0 Å². The minimum Gasteiger partial charge on any atom is -0.493 e. The van der Waals surface area contributed by atoms with Gasteiger partial charge < -0.3 is 4.74 Å². The van der Waals surface area contributed by atoms with Crippen molar-refractivity contribution in [1.82, 2.24) is 0 Å². The average molecular weight is 269 g/mol. The first-order valence-electron chi connectivity index (χ1n) is 5.85. The van der Waals surface area contributed by atoms with E-state index in [0.717, 1.165) is 35.5 Å². The molecule has 0 saturated carbocycles. The van der Waals surface area contributed by atoms with E-state index in [4.69, 9.17) is 16.3 Å². The molecule has 0 aliphatic carbocycles. The minimum absolute atomic E-state index is 0.0550. The van der Waals surface area contributed by atoms with Crippen molar-refractivity contribution in [2.75, 3.05) is 6.61 Å². The molecule has 17 heavy (non-hydrogen) atoms. The Morgan fingerprint density at radius 3 is 3.18 bits per heavy atom. The number of benzene rings is 1. The molecule has 2 aliphatic rings. The van der Waals surface area contributed by atoms with E-state index in [1.165, 1.54) is 0 Å². The molecule has 0 amide bonds. The van der Waals surface area contributed by atoms with Gasteiger partial charge in [0.1, 0.15) is 5.75 Å². The number of Topliss-reactive ketones (excluding diaryl/α,β-unsaturated/α-hetero) is 1. The summed E-state index contributed by atoms with van der Waals surface area (Å²) in [5.41, 5.74) is 2.87. The molecular weight excluding hydrogens is 256 g/mol. The fourth-order valence-corrected chi connectivity index (χ4v) is 3.99. The number of hydrogen-bond donors (Lipinski definition) is 0. The summed E-state index contributed by atoms with van der Waals surface area (Å²) in [7, 11) is 0. The normalized spacial score (nSPS) is 22.0. The smallest absolute Gasteiger partial charge is 0.177 e. The van der Waals surface area contributed by atoms with Crippen molar-refractivity contribution in [3.05, 3.63) is 27.8 Å². The Hall–Kier alpha value is -0.670. The van der Waals surface area contributed by atoms with E-state index in [1.54, 1.807) is 11.8 Å². The van der Waals surface area contributed by atoms with Crippen LogP contribution in [0.3, 0.4) is 0 Å². The number of carbonyl (C=O) groups excluding carboxylic acids is 1. The highest BCUT2D eigenvalue weighted by molar-refractivity contribution is 8.00.